The number of esters is 2. The summed E-state index contributed by atoms with van der Waals surface area (Å²) in [7, 11) is 0. The second-order valence-electron chi connectivity index (χ2n) is 5.21. The van der Waals surface area contributed by atoms with Crippen molar-refractivity contribution in [1.29, 1.82) is 0 Å². The van der Waals surface area contributed by atoms with Crippen LogP contribution in [0.1, 0.15) is 46.0 Å². The van der Waals surface area contributed by atoms with Crippen molar-refractivity contribution in [3.8, 4) is 0 Å². The van der Waals surface area contributed by atoms with Crippen LogP contribution < -0.4 is 0 Å². The average Bonchev–Trinajstić information content (AvgIpc) is 2.24. The summed E-state index contributed by atoms with van der Waals surface area (Å²) in [5, 5.41) is 0. The number of carbonyl (C=O) groups is 2. The van der Waals surface area contributed by atoms with Crippen LogP contribution in [0.3, 0.4) is 0 Å². The fourth-order valence-electron chi connectivity index (χ4n) is 3.26. The molecule has 0 aromatic rings. The van der Waals surface area contributed by atoms with E-state index in [-0.39, 0.29) is 24.1 Å². The van der Waals surface area contributed by atoms with E-state index in [2.05, 4.69) is 0 Å². The van der Waals surface area contributed by atoms with Crippen LogP contribution in [-0.2, 0) is 19.1 Å². The molecule has 2 aliphatic carbocycles. The van der Waals surface area contributed by atoms with Gasteiger partial charge in [-0.15, -0.1) is 0 Å². The Labute approximate surface area is 102 Å². The smallest absolute Gasteiger partial charge is 0.302 e. The van der Waals surface area contributed by atoms with Crippen LogP contribution in [0.5, 0.6) is 0 Å². The van der Waals surface area contributed by atoms with Crippen LogP contribution in [0.15, 0.2) is 0 Å². The molecule has 0 spiro atoms. The van der Waals surface area contributed by atoms with Crippen molar-refractivity contribution in [2.75, 3.05) is 0 Å². The maximum Gasteiger partial charge on any atom is 0.302 e. The molecule has 0 aliphatic heterocycles. The Morgan fingerprint density at radius 2 is 1.24 bits per heavy atom. The van der Waals surface area contributed by atoms with Gasteiger partial charge in [-0.25, -0.2) is 0 Å². The van der Waals surface area contributed by atoms with E-state index in [0.717, 1.165) is 32.1 Å². The Kier molecular flexibility index (Phi) is 3.69. The summed E-state index contributed by atoms with van der Waals surface area (Å²) in [6.45, 7) is 2.94. The molecule has 0 N–H and O–H groups in total. The molecule has 0 radical (unpaired) electrons. The zero-order valence-electron chi connectivity index (χ0n) is 10.5. The molecule has 2 fully saturated rings. The van der Waals surface area contributed by atoms with Crippen LogP contribution in [0.2, 0.25) is 0 Å². The molecular weight excluding hydrogens is 220 g/mol. The molecule has 0 unspecified atom stereocenters. The van der Waals surface area contributed by atoms with E-state index in [1.165, 1.54) is 13.8 Å². The SMILES string of the molecule is CC(=O)O[C@H]1CC[C@H]2C[C@@H]1CC[C@@H]2OC(C)=O. The number of rotatable bonds is 2. The van der Waals surface area contributed by atoms with Gasteiger partial charge in [-0.3, -0.25) is 9.59 Å². The summed E-state index contributed by atoms with van der Waals surface area (Å²) in [6.07, 6.45) is 5.00. The van der Waals surface area contributed by atoms with Crippen molar-refractivity contribution in [2.24, 2.45) is 11.8 Å². The largest absolute Gasteiger partial charge is 0.462 e. The third-order valence-corrected chi connectivity index (χ3v) is 3.94. The van der Waals surface area contributed by atoms with Gasteiger partial charge in [-0.05, 0) is 43.9 Å². The van der Waals surface area contributed by atoms with Crippen molar-refractivity contribution in [1.82, 2.24) is 0 Å². The molecule has 2 bridgehead atoms. The molecule has 0 amide bonds. The van der Waals surface area contributed by atoms with E-state index in [1.807, 2.05) is 0 Å². The number of hydrogen-bond acceptors (Lipinski definition) is 4. The first-order valence-electron chi connectivity index (χ1n) is 6.40. The zero-order valence-corrected chi connectivity index (χ0v) is 10.5. The second-order valence-corrected chi connectivity index (χ2v) is 5.21. The molecule has 4 heteroatoms. The highest BCUT2D eigenvalue weighted by atomic mass is 16.5. The van der Waals surface area contributed by atoms with Gasteiger partial charge < -0.3 is 9.47 Å². The van der Waals surface area contributed by atoms with Crippen molar-refractivity contribution in [3.05, 3.63) is 0 Å². The van der Waals surface area contributed by atoms with E-state index in [0.29, 0.717) is 11.8 Å². The minimum Gasteiger partial charge on any atom is -0.462 e. The monoisotopic (exact) mass is 240 g/mol. The Balaban J connectivity index is 1.91. The standard InChI is InChI=1S/C13H20O4/c1-8(14)16-12-5-3-11-7-10(12)4-6-13(11)17-9(2)15/h10-13H,3-7H2,1-2H3/t10-,11-,12-,13-/m0/s1. The summed E-state index contributed by atoms with van der Waals surface area (Å²) >= 11 is 0. The highest BCUT2D eigenvalue weighted by Gasteiger charge is 2.41. The van der Waals surface area contributed by atoms with E-state index in [1.54, 1.807) is 0 Å². The number of hydrogen-bond donors (Lipinski definition) is 0. The predicted octanol–water partition coefficient (Wildman–Crippen LogP) is 2.06. The Bertz CT molecular complexity index is 283. The van der Waals surface area contributed by atoms with Gasteiger partial charge >= 0.3 is 11.9 Å². The molecule has 0 heterocycles. The Morgan fingerprint density at radius 1 is 0.824 bits per heavy atom. The van der Waals surface area contributed by atoms with Crippen LogP contribution in [0.4, 0.5) is 0 Å². The Hall–Kier alpha value is -1.06. The summed E-state index contributed by atoms with van der Waals surface area (Å²) in [4.78, 5) is 22.0. The first-order chi connectivity index (χ1) is 8.06. The van der Waals surface area contributed by atoms with E-state index >= 15 is 0 Å². The highest BCUT2D eigenvalue weighted by Crippen LogP contribution is 2.42. The number of fused-ring (bicyclic) bond motifs is 2. The molecule has 2 aliphatic rings. The van der Waals surface area contributed by atoms with Gasteiger partial charge in [0.1, 0.15) is 12.2 Å². The molecule has 4 atom stereocenters. The Morgan fingerprint density at radius 3 is 1.59 bits per heavy atom. The fraction of sp³-hybridized carbons (Fsp3) is 0.846. The third kappa shape index (κ3) is 2.99. The number of ether oxygens (including phenoxy) is 2. The lowest BCUT2D eigenvalue weighted by atomic mass is 9.69. The lowest BCUT2D eigenvalue weighted by molar-refractivity contribution is -0.161. The number of carbonyl (C=O) groups excluding carboxylic acids is 2. The third-order valence-electron chi connectivity index (χ3n) is 3.94. The average molecular weight is 240 g/mol. The lowest BCUT2D eigenvalue weighted by Gasteiger charge is -2.43. The summed E-state index contributed by atoms with van der Waals surface area (Å²) in [5.41, 5.74) is 0. The van der Waals surface area contributed by atoms with Crippen LogP contribution in [0, 0.1) is 11.8 Å². The van der Waals surface area contributed by atoms with Gasteiger partial charge in [0.05, 0.1) is 0 Å². The van der Waals surface area contributed by atoms with E-state index in [4.69, 9.17) is 9.47 Å². The van der Waals surface area contributed by atoms with Gasteiger partial charge in [0.2, 0.25) is 0 Å². The van der Waals surface area contributed by atoms with Crippen LogP contribution >= 0.6 is 0 Å². The highest BCUT2D eigenvalue weighted by molar-refractivity contribution is 5.66. The first kappa shape index (κ1) is 12.4. The molecule has 96 valence electrons. The molecular formula is C13H20O4. The first-order valence-corrected chi connectivity index (χ1v) is 6.40. The van der Waals surface area contributed by atoms with Gasteiger partial charge in [0.15, 0.2) is 0 Å². The minimum atomic E-state index is -0.185. The van der Waals surface area contributed by atoms with Crippen molar-refractivity contribution in [2.45, 2.75) is 58.2 Å². The maximum atomic E-state index is 11.0. The summed E-state index contributed by atoms with van der Waals surface area (Å²) in [5.74, 6) is 0.556. The zero-order chi connectivity index (χ0) is 12.4. The minimum absolute atomic E-state index is 0.0852. The van der Waals surface area contributed by atoms with Gasteiger partial charge in [0, 0.05) is 13.8 Å². The molecule has 17 heavy (non-hydrogen) atoms. The maximum absolute atomic E-state index is 11.0. The van der Waals surface area contributed by atoms with Crippen molar-refractivity contribution in [3.63, 3.8) is 0 Å². The quantitative estimate of drug-likeness (QED) is 0.693. The van der Waals surface area contributed by atoms with E-state index in [9.17, 15) is 9.59 Å². The molecule has 0 saturated heterocycles. The molecule has 0 aromatic heterocycles. The molecule has 4 nitrogen and oxygen atoms in total. The van der Waals surface area contributed by atoms with Crippen LogP contribution in [0.25, 0.3) is 0 Å². The topological polar surface area (TPSA) is 52.6 Å². The summed E-state index contributed by atoms with van der Waals surface area (Å²) in [6, 6.07) is 0. The van der Waals surface area contributed by atoms with Crippen molar-refractivity contribution >= 4 is 11.9 Å². The second kappa shape index (κ2) is 5.07. The van der Waals surface area contributed by atoms with Gasteiger partial charge in [0.25, 0.3) is 0 Å². The van der Waals surface area contributed by atoms with Crippen LogP contribution in [-0.4, -0.2) is 24.1 Å². The van der Waals surface area contributed by atoms with Crippen molar-refractivity contribution < 1.29 is 19.1 Å². The fourth-order valence-corrected chi connectivity index (χ4v) is 3.26. The predicted molar refractivity (Wildman–Crippen MR) is 61.2 cm³/mol. The molecule has 2 saturated carbocycles. The van der Waals surface area contributed by atoms with Gasteiger partial charge in [-0.1, -0.05) is 0 Å². The summed E-state index contributed by atoms with van der Waals surface area (Å²) < 4.78 is 10.7. The molecule has 0 aromatic carbocycles. The van der Waals surface area contributed by atoms with E-state index < -0.39 is 0 Å². The van der Waals surface area contributed by atoms with Gasteiger partial charge in [-0.2, -0.15) is 0 Å². The normalized spacial score (nSPS) is 36.1. The lowest BCUT2D eigenvalue weighted by Crippen LogP contribution is -2.42. The molecule has 2 rings (SSSR count).